The van der Waals surface area contributed by atoms with Gasteiger partial charge in [0.2, 0.25) is 5.91 Å². The van der Waals surface area contributed by atoms with Crippen LogP contribution in [0.15, 0.2) is 60.7 Å². The van der Waals surface area contributed by atoms with Crippen molar-refractivity contribution in [3.63, 3.8) is 0 Å². The summed E-state index contributed by atoms with van der Waals surface area (Å²) in [5.41, 5.74) is 2.12. The third-order valence-corrected chi connectivity index (χ3v) is 4.33. The Bertz CT molecular complexity index is 877. The molecule has 2 amide bonds. The van der Waals surface area contributed by atoms with Crippen LogP contribution in [0, 0.1) is 0 Å². The highest BCUT2D eigenvalue weighted by atomic mass is 32.1. The molecule has 1 aliphatic rings. The maximum absolute atomic E-state index is 12.6. The maximum Gasteiger partial charge on any atom is 0.254 e. The molecule has 2 aromatic carbocycles. The zero-order valence-electron chi connectivity index (χ0n) is 15.3. The molecule has 6 nitrogen and oxygen atoms in total. The van der Waals surface area contributed by atoms with E-state index >= 15 is 0 Å². The predicted octanol–water partition coefficient (Wildman–Crippen LogP) is 2.69. The first-order valence-electron chi connectivity index (χ1n) is 8.94. The minimum Gasteiger partial charge on any atom is -0.378 e. The van der Waals surface area contributed by atoms with Gasteiger partial charge in [0.25, 0.3) is 5.91 Å². The number of hydrogen-bond donors (Lipinski definition) is 2. The van der Waals surface area contributed by atoms with E-state index in [2.05, 4.69) is 10.6 Å². The third kappa shape index (κ3) is 5.73. The van der Waals surface area contributed by atoms with Crippen molar-refractivity contribution in [3.05, 3.63) is 71.8 Å². The van der Waals surface area contributed by atoms with E-state index in [9.17, 15) is 9.59 Å². The summed E-state index contributed by atoms with van der Waals surface area (Å²) in [6, 6.07) is 16.5. The van der Waals surface area contributed by atoms with Gasteiger partial charge < -0.3 is 15.0 Å². The first-order valence-corrected chi connectivity index (χ1v) is 9.35. The molecule has 2 aromatic rings. The van der Waals surface area contributed by atoms with Crippen LogP contribution in [0.4, 0.5) is 5.69 Å². The van der Waals surface area contributed by atoms with Gasteiger partial charge in [-0.15, -0.1) is 0 Å². The van der Waals surface area contributed by atoms with E-state index in [1.54, 1.807) is 35.2 Å². The smallest absolute Gasteiger partial charge is 0.254 e. The highest BCUT2D eigenvalue weighted by Gasteiger charge is 2.18. The van der Waals surface area contributed by atoms with Crippen molar-refractivity contribution in [2.75, 3.05) is 31.6 Å². The average molecular weight is 395 g/mol. The normalized spacial score (nSPS) is 13.9. The monoisotopic (exact) mass is 395 g/mol. The number of carbonyl (C=O) groups excluding carboxylic acids is 2. The van der Waals surface area contributed by atoms with Crippen LogP contribution in [0.2, 0.25) is 0 Å². The Morgan fingerprint density at radius 1 is 1.04 bits per heavy atom. The summed E-state index contributed by atoms with van der Waals surface area (Å²) >= 11 is 5.19. The van der Waals surface area contributed by atoms with Crippen molar-refractivity contribution in [1.82, 2.24) is 10.2 Å². The lowest BCUT2D eigenvalue weighted by molar-refractivity contribution is -0.115. The number of morpholine rings is 1. The van der Waals surface area contributed by atoms with Crippen LogP contribution in [-0.4, -0.2) is 48.1 Å². The highest BCUT2D eigenvalue weighted by Crippen LogP contribution is 2.14. The molecule has 7 heteroatoms. The van der Waals surface area contributed by atoms with E-state index in [0.29, 0.717) is 37.6 Å². The van der Waals surface area contributed by atoms with Gasteiger partial charge in [-0.05, 0) is 42.1 Å². The molecule has 28 heavy (non-hydrogen) atoms. The number of nitrogens with zero attached hydrogens (tertiary/aromatic N) is 1. The molecule has 0 spiro atoms. The first-order chi connectivity index (χ1) is 13.6. The molecule has 1 fully saturated rings. The number of benzene rings is 2. The molecule has 1 aliphatic heterocycles. The van der Waals surface area contributed by atoms with E-state index in [0.717, 1.165) is 5.56 Å². The third-order valence-electron chi connectivity index (χ3n) is 4.13. The molecule has 0 aliphatic carbocycles. The molecular weight excluding hydrogens is 374 g/mol. The molecule has 2 N–H and O–H groups in total. The fraction of sp³-hybridized carbons (Fsp3) is 0.190. The van der Waals surface area contributed by atoms with Gasteiger partial charge in [-0.3, -0.25) is 14.9 Å². The second-order valence-electron chi connectivity index (χ2n) is 6.17. The number of nitrogens with one attached hydrogen (secondary N) is 2. The Labute approximate surface area is 169 Å². The van der Waals surface area contributed by atoms with Crippen LogP contribution in [0.1, 0.15) is 15.9 Å². The lowest BCUT2D eigenvalue weighted by Crippen LogP contribution is -2.40. The van der Waals surface area contributed by atoms with Gasteiger partial charge in [0.05, 0.1) is 13.2 Å². The topological polar surface area (TPSA) is 70.7 Å². The van der Waals surface area contributed by atoms with Crippen molar-refractivity contribution >= 4 is 40.9 Å². The van der Waals surface area contributed by atoms with E-state index < -0.39 is 0 Å². The second kappa shape index (κ2) is 9.77. The molecule has 0 bridgehead atoms. The molecule has 0 atom stereocenters. The summed E-state index contributed by atoms with van der Waals surface area (Å²) in [7, 11) is 0. The van der Waals surface area contributed by atoms with Gasteiger partial charge >= 0.3 is 0 Å². The van der Waals surface area contributed by atoms with Gasteiger partial charge in [-0.25, -0.2) is 0 Å². The Morgan fingerprint density at radius 3 is 2.54 bits per heavy atom. The summed E-state index contributed by atoms with van der Waals surface area (Å²) in [6.07, 6.45) is 3.13. The Hall–Kier alpha value is -3.03. The summed E-state index contributed by atoms with van der Waals surface area (Å²) in [5.74, 6) is -0.380. The Kier molecular flexibility index (Phi) is 6.89. The predicted molar refractivity (Wildman–Crippen MR) is 113 cm³/mol. The van der Waals surface area contributed by atoms with E-state index in [-0.39, 0.29) is 16.9 Å². The minimum absolute atomic E-state index is 0.0484. The Balaban J connectivity index is 1.56. The van der Waals surface area contributed by atoms with Crippen molar-refractivity contribution in [2.24, 2.45) is 0 Å². The number of anilines is 1. The summed E-state index contributed by atoms with van der Waals surface area (Å²) in [5, 5.41) is 5.70. The van der Waals surface area contributed by atoms with Crippen molar-refractivity contribution in [3.8, 4) is 0 Å². The molecular formula is C21H21N3O3S. The zero-order valence-corrected chi connectivity index (χ0v) is 16.1. The molecule has 0 saturated carbocycles. The van der Waals surface area contributed by atoms with E-state index in [1.807, 2.05) is 30.3 Å². The molecule has 3 rings (SSSR count). The molecule has 0 unspecified atom stereocenters. The van der Waals surface area contributed by atoms with Crippen molar-refractivity contribution in [1.29, 1.82) is 0 Å². The molecule has 1 heterocycles. The first kappa shape index (κ1) is 19.7. The quantitative estimate of drug-likeness (QED) is 0.615. The Morgan fingerprint density at radius 2 is 1.79 bits per heavy atom. The van der Waals surface area contributed by atoms with Crippen LogP contribution >= 0.6 is 12.2 Å². The van der Waals surface area contributed by atoms with Crippen LogP contribution in [0.5, 0.6) is 0 Å². The van der Waals surface area contributed by atoms with Gasteiger partial charge in [-0.1, -0.05) is 36.4 Å². The number of hydrogen-bond acceptors (Lipinski definition) is 4. The standard InChI is InChI=1S/C21H21N3O3S/c25-19(10-9-16-5-2-1-3-6-16)23-21(28)22-18-8-4-7-17(15-18)20(26)24-11-13-27-14-12-24/h1-10,15H,11-14H2,(H2,22,23,25,28)/b10-9+. The van der Waals surface area contributed by atoms with Gasteiger partial charge in [-0.2, -0.15) is 0 Å². The summed E-state index contributed by atoms with van der Waals surface area (Å²) in [6.45, 7) is 2.27. The largest absolute Gasteiger partial charge is 0.378 e. The lowest BCUT2D eigenvalue weighted by Gasteiger charge is -2.27. The van der Waals surface area contributed by atoms with Gasteiger partial charge in [0, 0.05) is 30.4 Å². The maximum atomic E-state index is 12.6. The number of thiocarbonyl (C=S) groups is 1. The molecule has 0 aromatic heterocycles. The lowest BCUT2D eigenvalue weighted by atomic mass is 10.1. The van der Waals surface area contributed by atoms with Gasteiger partial charge in [0.15, 0.2) is 5.11 Å². The fourth-order valence-electron chi connectivity index (χ4n) is 2.73. The highest BCUT2D eigenvalue weighted by molar-refractivity contribution is 7.80. The van der Waals surface area contributed by atoms with Crippen LogP contribution in [0.25, 0.3) is 6.08 Å². The molecule has 1 saturated heterocycles. The summed E-state index contributed by atoms with van der Waals surface area (Å²) in [4.78, 5) is 26.3. The van der Waals surface area contributed by atoms with Crippen molar-refractivity contribution in [2.45, 2.75) is 0 Å². The van der Waals surface area contributed by atoms with Crippen molar-refractivity contribution < 1.29 is 14.3 Å². The van der Waals surface area contributed by atoms with Crippen LogP contribution in [0.3, 0.4) is 0 Å². The number of amides is 2. The minimum atomic E-state index is -0.332. The fourth-order valence-corrected chi connectivity index (χ4v) is 2.95. The van der Waals surface area contributed by atoms with Crippen LogP contribution in [-0.2, 0) is 9.53 Å². The van der Waals surface area contributed by atoms with E-state index in [4.69, 9.17) is 17.0 Å². The van der Waals surface area contributed by atoms with Gasteiger partial charge in [0.1, 0.15) is 0 Å². The number of carbonyl (C=O) groups is 2. The summed E-state index contributed by atoms with van der Waals surface area (Å²) < 4.78 is 5.28. The zero-order chi connectivity index (χ0) is 19.8. The second-order valence-corrected chi connectivity index (χ2v) is 6.58. The number of rotatable bonds is 4. The van der Waals surface area contributed by atoms with E-state index in [1.165, 1.54) is 6.08 Å². The molecule has 0 radical (unpaired) electrons. The average Bonchev–Trinajstić information content (AvgIpc) is 2.73. The SMILES string of the molecule is O=C(/C=C/c1ccccc1)NC(=S)Nc1cccc(C(=O)N2CCOCC2)c1. The molecule has 144 valence electrons. The van der Waals surface area contributed by atoms with Crippen LogP contribution < -0.4 is 10.6 Å². The number of ether oxygens (including phenoxy) is 1.